The average molecular weight is 369 g/mol. The molecule has 0 unspecified atom stereocenters. The molecule has 1 aliphatic heterocycles. The summed E-state index contributed by atoms with van der Waals surface area (Å²) < 4.78 is 1.94. The molecule has 2 aromatic rings. The number of aromatic nitrogens is 2. The number of rotatable bonds is 7. The van der Waals surface area contributed by atoms with E-state index in [9.17, 15) is 0 Å². The average Bonchev–Trinajstić information content (AvgIpc) is 3.20. The summed E-state index contributed by atoms with van der Waals surface area (Å²) in [6.07, 6.45) is 7.40. The Morgan fingerprint density at radius 1 is 1.22 bits per heavy atom. The van der Waals surface area contributed by atoms with E-state index < -0.39 is 0 Å². The summed E-state index contributed by atoms with van der Waals surface area (Å²) in [6, 6.07) is 11.1. The van der Waals surface area contributed by atoms with Crippen molar-refractivity contribution in [1.82, 2.24) is 25.3 Å². The van der Waals surface area contributed by atoms with E-state index in [-0.39, 0.29) is 0 Å². The first-order valence-corrected chi connectivity index (χ1v) is 10.0. The van der Waals surface area contributed by atoms with Gasteiger partial charge >= 0.3 is 0 Å². The Bertz CT molecular complexity index is 701. The number of nitrogens with zero attached hydrogens (tertiary/aromatic N) is 4. The molecular formula is C21H32N6. The molecule has 1 aromatic carbocycles. The van der Waals surface area contributed by atoms with E-state index in [1.165, 1.54) is 50.0 Å². The van der Waals surface area contributed by atoms with Gasteiger partial charge < -0.3 is 15.5 Å². The van der Waals surface area contributed by atoms with Gasteiger partial charge in [-0.3, -0.25) is 9.67 Å². The van der Waals surface area contributed by atoms with Crippen LogP contribution in [0, 0.1) is 0 Å². The van der Waals surface area contributed by atoms with Crippen LogP contribution in [0.4, 0.5) is 0 Å². The summed E-state index contributed by atoms with van der Waals surface area (Å²) in [5.74, 6) is 0.890. The summed E-state index contributed by atoms with van der Waals surface area (Å²) >= 11 is 0. The Morgan fingerprint density at radius 3 is 2.74 bits per heavy atom. The van der Waals surface area contributed by atoms with Crippen LogP contribution in [0.5, 0.6) is 0 Å². The highest BCUT2D eigenvalue weighted by Crippen LogP contribution is 2.11. The molecule has 3 rings (SSSR count). The Kier molecular flexibility index (Phi) is 7.27. The molecule has 0 atom stereocenters. The Hall–Kier alpha value is -2.34. The molecular weight excluding hydrogens is 336 g/mol. The van der Waals surface area contributed by atoms with Crippen molar-refractivity contribution < 1.29 is 0 Å². The smallest absolute Gasteiger partial charge is 0.191 e. The fourth-order valence-electron chi connectivity index (χ4n) is 3.61. The van der Waals surface area contributed by atoms with Gasteiger partial charge in [-0.05, 0) is 43.0 Å². The normalized spacial score (nSPS) is 16.4. The molecule has 6 nitrogen and oxygen atoms in total. The van der Waals surface area contributed by atoms with E-state index in [1.807, 2.05) is 30.2 Å². The topological polar surface area (TPSA) is 57.5 Å². The first-order valence-electron chi connectivity index (χ1n) is 10.0. The molecule has 146 valence electrons. The van der Waals surface area contributed by atoms with Crippen molar-refractivity contribution >= 4 is 5.96 Å². The van der Waals surface area contributed by atoms with E-state index in [1.54, 1.807) is 0 Å². The fraction of sp³-hybridized carbons (Fsp3) is 0.524. The zero-order chi connectivity index (χ0) is 18.9. The van der Waals surface area contributed by atoms with Crippen molar-refractivity contribution in [3.05, 3.63) is 53.9 Å². The number of benzene rings is 1. The van der Waals surface area contributed by atoms with Gasteiger partial charge in [-0.1, -0.05) is 31.2 Å². The van der Waals surface area contributed by atoms with Gasteiger partial charge in [0, 0.05) is 45.1 Å². The summed E-state index contributed by atoms with van der Waals surface area (Å²) in [6.45, 7) is 7.39. The zero-order valence-electron chi connectivity index (χ0n) is 16.6. The van der Waals surface area contributed by atoms with Gasteiger partial charge in [0.1, 0.15) is 0 Å². The first kappa shape index (κ1) is 19.4. The van der Waals surface area contributed by atoms with Crippen LogP contribution >= 0.6 is 0 Å². The Labute approximate surface area is 162 Å². The minimum atomic E-state index is 0.510. The second-order valence-corrected chi connectivity index (χ2v) is 7.21. The lowest BCUT2D eigenvalue weighted by molar-refractivity contribution is 0.206. The van der Waals surface area contributed by atoms with Gasteiger partial charge in [-0.2, -0.15) is 5.10 Å². The lowest BCUT2D eigenvalue weighted by Gasteiger charge is -2.32. The van der Waals surface area contributed by atoms with Gasteiger partial charge in [0.15, 0.2) is 5.96 Å². The molecule has 1 aromatic heterocycles. The molecule has 0 saturated carbocycles. The SMILES string of the molecule is CCCN1CCC(NC(=NC)NCc2cccc(Cn3cccn3)c2)CC1. The molecule has 2 heterocycles. The fourth-order valence-corrected chi connectivity index (χ4v) is 3.61. The van der Waals surface area contributed by atoms with Crippen LogP contribution in [-0.2, 0) is 13.1 Å². The number of hydrogen-bond donors (Lipinski definition) is 2. The van der Waals surface area contributed by atoms with Gasteiger partial charge in [-0.25, -0.2) is 0 Å². The standard InChI is InChI=1S/C21H32N6/c1-3-11-26-13-8-20(9-14-26)25-21(22-2)23-16-18-6-4-7-19(15-18)17-27-12-5-10-24-27/h4-7,10,12,15,20H,3,8-9,11,13-14,16-17H2,1-2H3,(H2,22,23,25). The maximum Gasteiger partial charge on any atom is 0.191 e. The van der Waals surface area contributed by atoms with E-state index in [0.29, 0.717) is 6.04 Å². The number of likely N-dealkylation sites (tertiary alicyclic amines) is 1. The monoisotopic (exact) mass is 368 g/mol. The van der Waals surface area contributed by atoms with Crippen molar-refractivity contribution in [3.8, 4) is 0 Å². The van der Waals surface area contributed by atoms with E-state index in [4.69, 9.17) is 0 Å². The largest absolute Gasteiger partial charge is 0.354 e. The van der Waals surface area contributed by atoms with Gasteiger partial charge in [-0.15, -0.1) is 0 Å². The number of guanidine groups is 1. The van der Waals surface area contributed by atoms with Crippen LogP contribution in [-0.4, -0.2) is 53.4 Å². The maximum absolute atomic E-state index is 4.40. The molecule has 0 radical (unpaired) electrons. The summed E-state index contributed by atoms with van der Waals surface area (Å²) in [7, 11) is 1.84. The molecule has 0 spiro atoms. The van der Waals surface area contributed by atoms with E-state index in [2.05, 4.69) is 56.8 Å². The molecule has 0 aliphatic carbocycles. The minimum absolute atomic E-state index is 0.510. The second kappa shape index (κ2) is 10.1. The van der Waals surface area contributed by atoms with Crippen LogP contribution in [0.25, 0.3) is 0 Å². The molecule has 1 aliphatic rings. The van der Waals surface area contributed by atoms with Crippen LogP contribution in [0.3, 0.4) is 0 Å². The number of aliphatic imine (C=N–C) groups is 1. The highest BCUT2D eigenvalue weighted by atomic mass is 15.3. The number of nitrogens with one attached hydrogen (secondary N) is 2. The highest BCUT2D eigenvalue weighted by molar-refractivity contribution is 5.79. The Morgan fingerprint density at radius 2 is 2.04 bits per heavy atom. The lowest BCUT2D eigenvalue weighted by atomic mass is 10.1. The van der Waals surface area contributed by atoms with Crippen LogP contribution in [0.2, 0.25) is 0 Å². The Balaban J connectivity index is 1.47. The summed E-state index contributed by atoms with van der Waals surface area (Å²) in [4.78, 5) is 6.96. The molecule has 27 heavy (non-hydrogen) atoms. The quantitative estimate of drug-likeness (QED) is 0.582. The number of piperidine rings is 1. The summed E-state index contributed by atoms with van der Waals surface area (Å²) in [5, 5.41) is 11.3. The third-order valence-electron chi connectivity index (χ3n) is 5.05. The van der Waals surface area contributed by atoms with Gasteiger partial charge in [0.25, 0.3) is 0 Å². The predicted molar refractivity (Wildman–Crippen MR) is 111 cm³/mol. The molecule has 1 saturated heterocycles. The van der Waals surface area contributed by atoms with Crippen molar-refractivity contribution in [2.24, 2.45) is 4.99 Å². The van der Waals surface area contributed by atoms with Crippen LogP contribution in [0.1, 0.15) is 37.3 Å². The van der Waals surface area contributed by atoms with Crippen LogP contribution < -0.4 is 10.6 Å². The second-order valence-electron chi connectivity index (χ2n) is 7.21. The van der Waals surface area contributed by atoms with E-state index in [0.717, 1.165) is 19.0 Å². The highest BCUT2D eigenvalue weighted by Gasteiger charge is 2.19. The predicted octanol–water partition coefficient (Wildman–Crippen LogP) is 2.47. The molecule has 6 heteroatoms. The minimum Gasteiger partial charge on any atom is -0.354 e. The molecule has 2 N–H and O–H groups in total. The summed E-state index contributed by atoms with van der Waals surface area (Å²) in [5.41, 5.74) is 2.50. The van der Waals surface area contributed by atoms with Crippen molar-refractivity contribution in [1.29, 1.82) is 0 Å². The maximum atomic E-state index is 4.40. The van der Waals surface area contributed by atoms with Crippen molar-refractivity contribution in [3.63, 3.8) is 0 Å². The molecule has 1 fully saturated rings. The zero-order valence-corrected chi connectivity index (χ0v) is 16.6. The molecule has 0 amide bonds. The van der Waals surface area contributed by atoms with Gasteiger partial charge in [0.05, 0.1) is 6.54 Å². The van der Waals surface area contributed by atoms with Crippen molar-refractivity contribution in [2.45, 2.75) is 45.3 Å². The van der Waals surface area contributed by atoms with Crippen LogP contribution in [0.15, 0.2) is 47.7 Å². The van der Waals surface area contributed by atoms with E-state index >= 15 is 0 Å². The van der Waals surface area contributed by atoms with Gasteiger partial charge in [0.2, 0.25) is 0 Å². The first-order chi connectivity index (χ1) is 13.3. The lowest BCUT2D eigenvalue weighted by Crippen LogP contribution is -2.48. The molecule has 0 bridgehead atoms. The van der Waals surface area contributed by atoms with Crippen molar-refractivity contribution in [2.75, 3.05) is 26.7 Å². The number of hydrogen-bond acceptors (Lipinski definition) is 3. The third-order valence-corrected chi connectivity index (χ3v) is 5.05. The third kappa shape index (κ3) is 6.10.